The lowest BCUT2D eigenvalue weighted by atomic mass is 9.62. The quantitative estimate of drug-likeness (QED) is 0.738. The predicted octanol–water partition coefficient (Wildman–Crippen LogP) is 4.98. The van der Waals surface area contributed by atoms with E-state index in [0.29, 0.717) is 24.1 Å². The smallest absolute Gasteiger partial charge is 0.264 e. The summed E-state index contributed by atoms with van der Waals surface area (Å²) in [5, 5.41) is 11.9. The molecule has 5 heteroatoms. The topological polar surface area (TPSA) is 57.6 Å². The molecule has 31 heavy (non-hydrogen) atoms. The number of halogens is 1. The summed E-state index contributed by atoms with van der Waals surface area (Å²) in [7, 11) is 0. The molecule has 164 valence electrons. The Kier molecular flexibility index (Phi) is 5.50. The Bertz CT molecular complexity index is 1000. The van der Waals surface area contributed by atoms with Gasteiger partial charge in [-0.3, -0.25) is 9.59 Å². The maximum Gasteiger partial charge on any atom is 0.264 e. The highest BCUT2D eigenvalue weighted by Crippen LogP contribution is 2.51. The molecule has 4 rings (SSSR count). The first-order valence-corrected chi connectivity index (χ1v) is 11.1. The van der Waals surface area contributed by atoms with E-state index in [-0.39, 0.29) is 29.5 Å². The Labute approximate surface area is 183 Å². The SMILES string of the molecule is CCC(C)(C)[C@@H]1CCC(=O)[C@@H]([C@]2(O)C(=O)N(Cc3ccc(F)cc3)c3ccccc32)C1. The van der Waals surface area contributed by atoms with Crippen LogP contribution < -0.4 is 4.90 Å². The number of para-hydroxylation sites is 1. The Hall–Kier alpha value is -2.53. The number of hydrogen-bond acceptors (Lipinski definition) is 3. The first kappa shape index (κ1) is 21.7. The van der Waals surface area contributed by atoms with E-state index in [1.165, 1.54) is 17.0 Å². The monoisotopic (exact) mass is 423 g/mol. The second-order valence-electron chi connectivity index (χ2n) is 9.63. The molecule has 1 saturated carbocycles. The molecule has 1 heterocycles. The number of Topliss-reactive ketones (excluding diaryl/α,β-unsaturated/α-hetero) is 1. The first-order valence-electron chi connectivity index (χ1n) is 11.1. The van der Waals surface area contributed by atoms with Gasteiger partial charge >= 0.3 is 0 Å². The number of hydrogen-bond donors (Lipinski definition) is 1. The summed E-state index contributed by atoms with van der Waals surface area (Å²) >= 11 is 0. The Morgan fingerprint density at radius 1 is 1.13 bits per heavy atom. The molecule has 0 aromatic heterocycles. The number of nitrogens with zero attached hydrogens (tertiary/aromatic N) is 1. The number of carbonyl (C=O) groups excluding carboxylic acids is 2. The van der Waals surface area contributed by atoms with Gasteiger partial charge in [0, 0.05) is 12.0 Å². The van der Waals surface area contributed by atoms with E-state index in [4.69, 9.17) is 0 Å². The maximum atomic E-state index is 13.7. The van der Waals surface area contributed by atoms with E-state index in [0.717, 1.165) is 18.4 Å². The second kappa shape index (κ2) is 7.86. The highest BCUT2D eigenvalue weighted by atomic mass is 19.1. The fourth-order valence-electron chi connectivity index (χ4n) is 5.15. The third-order valence-corrected chi connectivity index (χ3v) is 7.60. The van der Waals surface area contributed by atoms with E-state index in [1.807, 2.05) is 6.07 Å². The van der Waals surface area contributed by atoms with E-state index in [1.54, 1.807) is 30.3 Å². The average Bonchev–Trinajstić information content (AvgIpc) is 2.98. The number of aliphatic hydroxyl groups is 1. The van der Waals surface area contributed by atoms with Gasteiger partial charge in [0.15, 0.2) is 5.60 Å². The molecule has 1 N–H and O–H groups in total. The van der Waals surface area contributed by atoms with Crippen LogP contribution in [-0.4, -0.2) is 16.8 Å². The van der Waals surface area contributed by atoms with Gasteiger partial charge in [-0.05, 0) is 47.9 Å². The van der Waals surface area contributed by atoms with Crippen molar-refractivity contribution in [3.63, 3.8) is 0 Å². The standard InChI is InChI=1S/C26H30FNO3/c1-4-25(2,3)18-11-14-23(29)21(15-18)26(31)20-7-5-6-8-22(20)28(24(26)30)16-17-9-12-19(27)13-10-17/h5-10,12-13,18,21,31H,4,11,14-16H2,1-3H3/t18-,21+,26+/m1/s1. The molecule has 1 aliphatic heterocycles. The van der Waals surface area contributed by atoms with Crippen molar-refractivity contribution >= 4 is 17.4 Å². The molecule has 1 fully saturated rings. The highest BCUT2D eigenvalue weighted by Gasteiger charge is 2.58. The molecule has 0 radical (unpaired) electrons. The van der Waals surface area contributed by atoms with Crippen LogP contribution in [0.5, 0.6) is 0 Å². The van der Waals surface area contributed by atoms with Crippen LogP contribution in [0.4, 0.5) is 10.1 Å². The molecular formula is C26H30FNO3. The van der Waals surface area contributed by atoms with Crippen LogP contribution in [-0.2, 0) is 21.7 Å². The van der Waals surface area contributed by atoms with Crippen molar-refractivity contribution in [2.45, 2.75) is 58.6 Å². The van der Waals surface area contributed by atoms with E-state index < -0.39 is 17.4 Å². The van der Waals surface area contributed by atoms with Gasteiger partial charge in [-0.15, -0.1) is 0 Å². The fourth-order valence-corrected chi connectivity index (χ4v) is 5.15. The molecule has 0 saturated heterocycles. The van der Waals surface area contributed by atoms with Crippen LogP contribution in [0.1, 0.15) is 57.6 Å². The number of anilines is 1. The lowest BCUT2D eigenvalue weighted by Crippen LogP contribution is -2.51. The van der Waals surface area contributed by atoms with Crippen molar-refractivity contribution in [1.82, 2.24) is 0 Å². The van der Waals surface area contributed by atoms with Gasteiger partial charge in [0.05, 0.1) is 18.2 Å². The molecule has 4 nitrogen and oxygen atoms in total. The third kappa shape index (κ3) is 3.59. The largest absolute Gasteiger partial charge is 0.375 e. The first-order chi connectivity index (χ1) is 14.7. The van der Waals surface area contributed by atoms with Crippen molar-refractivity contribution in [2.24, 2.45) is 17.3 Å². The van der Waals surface area contributed by atoms with Crippen LogP contribution in [0, 0.1) is 23.1 Å². The van der Waals surface area contributed by atoms with Gasteiger partial charge in [-0.25, -0.2) is 4.39 Å². The molecule has 3 atom stereocenters. The molecule has 2 aromatic carbocycles. The molecule has 1 aliphatic carbocycles. The molecule has 0 bridgehead atoms. The van der Waals surface area contributed by atoms with Crippen molar-refractivity contribution in [3.8, 4) is 0 Å². The Balaban J connectivity index is 1.72. The number of carbonyl (C=O) groups is 2. The summed E-state index contributed by atoms with van der Waals surface area (Å²) in [6.07, 6.45) is 2.65. The summed E-state index contributed by atoms with van der Waals surface area (Å²) in [5.74, 6) is -1.35. The van der Waals surface area contributed by atoms with Crippen LogP contribution >= 0.6 is 0 Å². The maximum absolute atomic E-state index is 13.7. The summed E-state index contributed by atoms with van der Waals surface area (Å²) in [6, 6.07) is 13.1. The van der Waals surface area contributed by atoms with Gasteiger partial charge in [-0.1, -0.05) is 57.5 Å². The summed E-state index contributed by atoms with van der Waals surface area (Å²) in [4.78, 5) is 28.2. The zero-order valence-corrected chi connectivity index (χ0v) is 18.4. The van der Waals surface area contributed by atoms with Crippen LogP contribution in [0.2, 0.25) is 0 Å². The fraction of sp³-hybridized carbons (Fsp3) is 0.462. The number of benzene rings is 2. The van der Waals surface area contributed by atoms with Crippen LogP contribution in [0.3, 0.4) is 0 Å². The average molecular weight is 424 g/mol. The summed E-state index contributed by atoms with van der Waals surface area (Å²) in [6.45, 7) is 6.74. The number of fused-ring (bicyclic) bond motifs is 1. The van der Waals surface area contributed by atoms with Crippen molar-refractivity contribution < 1.29 is 19.1 Å². The highest BCUT2D eigenvalue weighted by molar-refractivity contribution is 6.09. The van der Waals surface area contributed by atoms with Crippen molar-refractivity contribution in [1.29, 1.82) is 0 Å². The molecule has 0 spiro atoms. The number of ketones is 1. The molecule has 2 aliphatic rings. The van der Waals surface area contributed by atoms with Crippen molar-refractivity contribution in [3.05, 3.63) is 65.5 Å². The van der Waals surface area contributed by atoms with Crippen molar-refractivity contribution in [2.75, 3.05) is 4.90 Å². The van der Waals surface area contributed by atoms with Gasteiger partial charge in [0.2, 0.25) is 0 Å². The minimum Gasteiger partial charge on any atom is -0.375 e. The van der Waals surface area contributed by atoms with Crippen LogP contribution in [0.25, 0.3) is 0 Å². The predicted molar refractivity (Wildman–Crippen MR) is 118 cm³/mol. The van der Waals surface area contributed by atoms with Gasteiger partial charge < -0.3 is 10.0 Å². The minimum atomic E-state index is -1.86. The molecular weight excluding hydrogens is 393 g/mol. The molecule has 1 amide bonds. The Morgan fingerprint density at radius 2 is 1.81 bits per heavy atom. The second-order valence-corrected chi connectivity index (χ2v) is 9.63. The zero-order chi connectivity index (χ0) is 22.4. The van der Waals surface area contributed by atoms with E-state index in [9.17, 15) is 19.1 Å². The van der Waals surface area contributed by atoms with E-state index >= 15 is 0 Å². The van der Waals surface area contributed by atoms with Gasteiger partial charge in [-0.2, -0.15) is 0 Å². The van der Waals surface area contributed by atoms with Crippen LogP contribution in [0.15, 0.2) is 48.5 Å². The number of rotatable bonds is 5. The van der Waals surface area contributed by atoms with E-state index in [2.05, 4.69) is 20.8 Å². The Morgan fingerprint density at radius 3 is 2.48 bits per heavy atom. The minimum absolute atomic E-state index is 0.0320. The lowest BCUT2D eigenvalue weighted by Gasteiger charge is -2.42. The lowest BCUT2D eigenvalue weighted by molar-refractivity contribution is -0.155. The summed E-state index contributed by atoms with van der Waals surface area (Å²) < 4.78 is 13.3. The van der Waals surface area contributed by atoms with Gasteiger partial charge in [0.1, 0.15) is 11.6 Å². The molecule has 0 unspecified atom stereocenters. The summed E-state index contributed by atoms with van der Waals surface area (Å²) in [5.41, 5.74) is 0.0358. The normalized spacial score (nSPS) is 26.3. The van der Waals surface area contributed by atoms with Gasteiger partial charge in [0.25, 0.3) is 5.91 Å². The zero-order valence-electron chi connectivity index (χ0n) is 18.4. The molecule has 2 aromatic rings. The number of amides is 1. The third-order valence-electron chi connectivity index (χ3n) is 7.60.